The highest BCUT2D eigenvalue weighted by Crippen LogP contribution is 2.47. The van der Waals surface area contributed by atoms with E-state index in [0.717, 1.165) is 42.9 Å². The van der Waals surface area contributed by atoms with Crippen molar-refractivity contribution >= 4 is 25.9 Å². The molecule has 5 nitrogen and oxygen atoms in total. The van der Waals surface area contributed by atoms with E-state index in [0.29, 0.717) is 35.8 Å². The van der Waals surface area contributed by atoms with Crippen molar-refractivity contribution in [3.05, 3.63) is 64.1 Å². The predicted octanol–water partition coefficient (Wildman–Crippen LogP) is 4.74. The van der Waals surface area contributed by atoms with Crippen LogP contribution in [0.2, 0.25) is 0 Å². The molecule has 2 N–H and O–H groups in total. The summed E-state index contributed by atoms with van der Waals surface area (Å²) in [7, 11) is 5.14. The summed E-state index contributed by atoms with van der Waals surface area (Å²) in [4.78, 5) is 15.5. The quantitative estimate of drug-likeness (QED) is 0.523. The molecular weight excluding hydrogens is 451 g/mol. The van der Waals surface area contributed by atoms with Gasteiger partial charge in [0, 0.05) is 54.7 Å². The van der Waals surface area contributed by atoms with Gasteiger partial charge in [0.05, 0.1) is 5.69 Å². The first-order valence-corrected chi connectivity index (χ1v) is 13.8. The van der Waals surface area contributed by atoms with Gasteiger partial charge in [-0.15, -0.1) is 9.24 Å². The van der Waals surface area contributed by atoms with E-state index in [1.807, 2.05) is 10.6 Å². The number of fused-ring (bicyclic) bond motifs is 1. The van der Waals surface area contributed by atoms with Crippen LogP contribution < -0.4 is 21.5 Å². The van der Waals surface area contributed by atoms with Crippen LogP contribution in [0, 0.1) is 17.8 Å². The van der Waals surface area contributed by atoms with Gasteiger partial charge in [-0.3, -0.25) is 4.79 Å². The van der Waals surface area contributed by atoms with Crippen LogP contribution in [0.3, 0.4) is 0 Å². The van der Waals surface area contributed by atoms with Gasteiger partial charge >= 0.3 is 0 Å². The van der Waals surface area contributed by atoms with Crippen molar-refractivity contribution in [2.24, 2.45) is 17.8 Å². The fraction of sp³-hybridized carbons (Fsp3) is 0.552. The largest absolute Gasteiger partial charge is 0.381 e. The van der Waals surface area contributed by atoms with Gasteiger partial charge in [0.2, 0.25) is 0 Å². The zero-order valence-corrected chi connectivity index (χ0v) is 23.0. The summed E-state index contributed by atoms with van der Waals surface area (Å²) in [6.45, 7) is 15.6. The van der Waals surface area contributed by atoms with Gasteiger partial charge in [-0.25, -0.2) is 0 Å². The third-order valence-electron chi connectivity index (χ3n) is 8.50. The van der Waals surface area contributed by atoms with Gasteiger partial charge in [0.1, 0.15) is 0 Å². The minimum absolute atomic E-state index is 0.0915. The molecule has 3 fully saturated rings. The van der Waals surface area contributed by atoms with E-state index in [-0.39, 0.29) is 11.6 Å². The van der Waals surface area contributed by atoms with E-state index in [1.165, 1.54) is 16.4 Å². The van der Waals surface area contributed by atoms with Crippen LogP contribution in [0.1, 0.15) is 75.2 Å². The lowest BCUT2D eigenvalue weighted by atomic mass is 9.81. The van der Waals surface area contributed by atoms with Gasteiger partial charge in [0.15, 0.2) is 0 Å². The van der Waals surface area contributed by atoms with Crippen molar-refractivity contribution in [1.29, 1.82) is 0 Å². The molecule has 3 aliphatic rings. The van der Waals surface area contributed by atoms with Crippen LogP contribution in [0.4, 0.5) is 5.69 Å². The summed E-state index contributed by atoms with van der Waals surface area (Å²) in [6, 6.07) is 9.21. The number of anilines is 1. The molecular formula is C29H41N4OP. The molecule has 0 radical (unpaired) electrons. The number of nitrogens with one attached hydrogen (secondary N) is 2. The third kappa shape index (κ3) is 4.70. The maximum absolute atomic E-state index is 13.1. The van der Waals surface area contributed by atoms with Crippen molar-refractivity contribution in [3.8, 4) is 0 Å². The zero-order chi connectivity index (χ0) is 25.0. The standard InChI is InChI=1S/C29H41N4OP/c1-16(2)21-8-7-9-22(29(21)35)18(4)30-19(5)23-15-33(20-10-17(3)11-20)27(34)12-26(23)31-28-24-13-32(6)14-25(24)28/h7-9,12,15-18,20,24-25,28,30-31H,5,10-11,13-14,35H2,1-4,6H3/t17?,18-,20?,24?,25?,28?/m1/s1. The molecule has 1 aliphatic heterocycles. The molecule has 2 aliphatic carbocycles. The molecule has 188 valence electrons. The van der Waals surface area contributed by atoms with Crippen LogP contribution in [0.5, 0.6) is 0 Å². The zero-order valence-electron chi connectivity index (χ0n) is 21.8. The lowest BCUT2D eigenvalue weighted by Crippen LogP contribution is -2.34. The summed E-state index contributed by atoms with van der Waals surface area (Å²) in [5, 5.41) is 8.67. The molecule has 2 heterocycles. The number of aromatic nitrogens is 1. The Kier molecular flexibility index (Phi) is 6.61. The van der Waals surface area contributed by atoms with Crippen molar-refractivity contribution in [3.63, 3.8) is 0 Å². The van der Waals surface area contributed by atoms with Crippen LogP contribution >= 0.6 is 9.24 Å². The molecule has 4 atom stereocenters. The average Bonchev–Trinajstić information content (AvgIpc) is 3.21. The minimum Gasteiger partial charge on any atom is -0.381 e. The monoisotopic (exact) mass is 492 g/mol. The van der Waals surface area contributed by atoms with E-state index >= 15 is 0 Å². The highest BCUT2D eigenvalue weighted by Gasteiger charge is 2.55. The van der Waals surface area contributed by atoms with Gasteiger partial charge in [0.25, 0.3) is 5.56 Å². The summed E-state index contributed by atoms with van der Waals surface area (Å²) in [6.07, 6.45) is 4.19. The van der Waals surface area contributed by atoms with Crippen LogP contribution in [0.15, 0.2) is 41.8 Å². The number of piperidine rings is 1. The van der Waals surface area contributed by atoms with Crippen molar-refractivity contribution < 1.29 is 0 Å². The van der Waals surface area contributed by atoms with Gasteiger partial charge in [-0.2, -0.15) is 0 Å². The summed E-state index contributed by atoms with van der Waals surface area (Å²) in [5.41, 5.74) is 5.51. The Balaban J connectivity index is 1.41. The normalized spacial score (nSPS) is 28.4. The second-order valence-corrected chi connectivity index (χ2v) is 12.2. The number of hydrogen-bond donors (Lipinski definition) is 2. The second kappa shape index (κ2) is 9.41. The lowest BCUT2D eigenvalue weighted by molar-refractivity contribution is 0.211. The number of likely N-dealkylation sites (tertiary alicyclic amines) is 1. The maximum Gasteiger partial charge on any atom is 0.252 e. The van der Waals surface area contributed by atoms with Crippen molar-refractivity contribution in [2.45, 2.75) is 64.6 Å². The van der Waals surface area contributed by atoms with Crippen LogP contribution in [-0.2, 0) is 0 Å². The average molecular weight is 493 g/mol. The van der Waals surface area contributed by atoms with Crippen molar-refractivity contribution in [2.75, 3.05) is 25.5 Å². The Morgan fingerprint density at radius 1 is 1.14 bits per heavy atom. The highest BCUT2D eigenvalue weighted by atomic mass is 31.0. The van der Waals surface area contributed by atoms with Crippen molar-refractivity contribution in [1.82, 2.24) is 14.8 Å². The Morgan fingerprint density at radius 3 is 2.43 bits per heavy atom. The summed E-state index contributed by atoms with van der Waals surface area (Å²) >= 11 is 0. The molecule has 5 rings (SSSR count). The van der Waals surface area contributed by atoms with Gasteiger partial charge < -0.3 is 20.1 Å². The minimum atomic E-state index is 0.0915. The molecule has 1 aromatic heterocycles. The van der Waals surface area contributed by atoms with E-state index < -0.39 is 0 Å². The van der Waals surface area contributed by atoms with E-state index in [9.17, 15) is 4.79 Å². The molecule has 6 heteroatoms. The lowest BCUT2D eigenvalue weighted by Gasteiger charge is -2.35. The van der Waals surface area contributed by atoms with Crippen LogP contribution in [-0.4, -0.2) is 35.6 Å². The fourth-order valence-corrected chi connectivity index (χ4v) is 7.09. The van der Waals surface area contributed by atoms with Crippen LogP contribution in [0.25, 0.3) is 5.70 Å². The summed E-state index contributed by atoms with van der Waals surface area (Å²) < 4.78 is 1.94. The Labute approximate surface area is 212 Å². The second-order valence-electron chi connectivity index (χ2n) is 11.6. The maximum atomic E-state index is 13.1. The first-order chi connectivity index (χ1) is 16.6. The van der Waals surface area contributed by atoms with E-state index in [2.05, 4.69) is 90.5 Å². The van der Waals surface area contributed by atoms with Gasteiger partial charge in [-0.05, 0) is 66.9 Å². The summed E-state index contributed by atoms with van der Waals surface area (Å²) in [5.74, 6) is 2.52. The first kappa shape index (κ1) is 24.6. The molecule has 0 bridgehead atoms. The van der Waals surface area contributed by atoms with E-state index in [4.69, 9.17) is 0 Å². The number of nitrogens with zero attached hydrogens (tertiary/aromatic N) is 2. The molecule has 0 amide bonds. The number of benzene rings is 1. The Morgan fingerprint density at radius 2 is 1.80 bits per heavy atom. The molecule has 1 aromatic carbocycles. The molecule has 2 saturated carbocycles. The topological polar surface area (TPSA) is 49.3 Å². The molecule has 2 aromatic rings. The number of hydrogen-bond acceptors (Lipinski definition) is 4. The Bertz CT molecular complexity index is 1170. The third-order valence-corrected chi connectivity index (χ3v) is 9.17. The molecule has 1 saturated heterocycles. The number of rotatable bonds is 8. The smallest absolute Gasteiger partial charge is 0.252 e. The SMILES string of the molecule is C=C(N[C@H](C)c1cccc(C(C)C)c1P)c1cn(C2CC(C)C2)c(=O)cc1NC1C2CN(C)CC21. The molecule has 35 heavy (non-hydrogen) atoms. The molecule has 0 spiro atoms. The predicted molar refractivity (Wildman–Crippen MR) is 150 cm³/mol. The molecule has 3 unspecified atom stereocenters. The fourth-order valence-electron chi connectivity index (χ4n) is 6.31. The first-order valence-electron chi connectivity index (χ1n) is 13.2. The highest BCUT2D eigenvalue weighted by molar-refractivity contribution is 7.27. The van der Waals surface area contributed by atoms with Gasteiger partial charge in [-0.1, -0.05) is 45.5 Å². The Hall–Kier alpha value is -2.10. The number of pyridine rings is 1. The van der Waals surface area contributed by atoms with E-state index in [1.54, 1.807) is 0 Å².